The Morgan fingerprint density at radius 2 is 1.88 bits per heavy atom. The third-order valence-corrected chi connectivity index (χ3v) is 5.50. The number of nitrogens with one attached hydrogen (secondary N) is 1. The highest BCUT2D eigenvalue weighted by atomic mass is 16.6. The fraction of sp³-hybridized carbons (Fsp3) is 0.667. The van der Waals surface area contributed by atoms with Crippen molar-refractivity contribution in [1.29, 1.82) is 0 Å². The number of esters is 2. The molecule has 1 unspecified atom stereocenters. The van der Waals surface area contributed by atoms with E-state index in [1.165, 1.54) is 0 Å². The average Bonchev–Trinajstić information content (AvgIpc) is 3.27. The lowest BCUT2D eigenvalue weighted by Gasteiger charge is -2.23. The minimum Gasteiger partial charge on any atom is -0.463 e. The molecule has 0 radical (unpaired) electrons. The van der Waals surface area contributed by atoms with Crippen molar-refractivity contribution in [2.45, 2.75) is 59.5 Å². The number of carbonyl (C=O) groups is 2. The van der Waals surface area contributed by atoms with Crippen LogP contribution in [-0.2, 0) is 30.3 Å². The first kappa shape index (κ1) is 23.7. The predicted octanol–water partition coefficient (Wildman–Crippen LogP) is 1.62. The number of aromatic nitrogens is 4. The summed E-state index contributed by atoms with van der Waals surface area (Å²) in [6.45, 7) is 9.44. The van der Waals surface area contributed by atoms with Gasteiger partial charge in [-0.3, -0.25) is 9.59 Å². The Balaban J connectivity index is 1.82. The first-order chi connectivity index (χ1) is 15.1. The van der Waals surface area contributed by atoms with E-state index in [-0.39, 0.29) is 48.4 Å². The number of imidazole rings is 1. The van der Waals surface area contributed by atoms with E-state index >= 15 is 0 Å². The quantitative estimate of drug-likeness (QED) is 0.572. The molecule has 1 fully saturated rings. The monoisotopic (exact) mass is 448 g/mol. The van der Waals surface area contributed by atoms with Crippen molar-refractivity contribution in [2.24, 2.45) is 17.8 Å². The van der Waals surface area contributed by atoms with Crippen molar-refractivity contribution >= 4 is 34.9 Å². The van der Waals surface area contributed by atoms with Gasteiger partial charge in [-0.15, -0.1) is 0 Å². The summed E-state index contributed by atoms with van der Waals surface area (Å²) in [5.74, 6) is -0.673. The third kappa shape index (κ3) is 4.93. The molecule has 0 amide bonds. The van der Waals surface area contributed by atoms with Crippen LogP contribution in [0.2, 0.25) is 0 Å². The first-order valence-electron chi connectivity index (χ1n) is 10.8. The lowest BCUT2D eigenvalue weighted by Crippen LogP contribution is -2.36. The molecule has 1 aliphatic rings. The number of rotatable bonds is 8. The molecular formula is C21H32N6O5. The summed E-state index contributed by atoms with van der Waals surface area (Å²) in [6, 6.07) is 0. The summed E-state index contributed by atoms with van der Waals surface area (Å²) in [5, 5.41) is 2.97. The topological polar surface area (TPSA) is 143 Å². The number of carbonyl (C=O) groups excluding carboxylic acids is 2. The molecule has 0 saturated carbocycles. The van der Waals surface area contributed by atoms with Gasteiger partial charge in [0, 0.05) is 13.0 Å². The number of fused-ring (bicyclic) bond motifs is 1. The molecule has 176 valence electrons. The van der Waals surface area contributed by atoms with E-state index in [1.54, 1.807) is 41.1 Å². The van der Waals surface area contributed by atoms with Gasteiger partial charge in [0.2, 0.25) is 5.95 Å². The minimum absolute atomic E-state index is 0.0115. The fourth-order valence-electron chi connectivity index (χ4n) is 3.57. The Bertz CT molecular complexity index is 975. The number of hydrogen-bond donors (Lipinski definition) is 2. The molecule has 0 spiro atoms. The number of hydrogen-bond acceptors (Lipinski definition) is 10. The normalized spacial score (nSPS) is 23.1. The maximum absolute atomic E-state index is 12.3. The van der Waals surface area contributed by atoms with Crippen LogP contribution in [0.3, 0.4) is 0 Å². The number of nitrogens with zero attached hydrogens (tertiary/aromatic N) is 4. The molecule has 3 N–H and O–H groups in total. The van der Waals surface area contributed by atoms with E-state index in [0.29, 0.717) is 23.5 Å². The Hall–Kier alpha value is -2.95. The molecule has 2 aromatic rings. The van der Waals surface area contributed by atoms with Gasteiger partial charge in [-0.25, -0.2) is 4.98 Å². The second kappa shape index (κ2) is 9.68. The molecule has 0 bridgehead atoms. The van der Waals surface area contributed by atoms with Gasteiger partial charge in [-0.2, -0.15) is 9.97 Å². The fourth-order valence-corrected chi connectivity index (χ4v) is 3.57. The maximum Gasteiger partial charge on any atom is 0.308 e. The van der Waals surface area contributed by atoms with Crippen molar-refractivity contribution < 1.29 is 23.8 Å². The number of nitrogens with two attached hydrogens (primary N) is 1. The van der Waals surface area contributed by atoms with Crippen LogP contribution in [0.15, 0.2) is 6.33 Å². The summed E-state index contributed by atoms with van der Waals surface area (Å²) < 4.78 is 19.2. The van der Waals surface area contributed by atoms with Crippen LogP contribution in [0.5, 0.6) is 0 Å². The van der Waals surface area contributed by atoms with Crippen molar-refractivity contribution in [1.82, 2.24) is 19.5 Å². The first-order valence-corrected chi connectivity index (χ1v) is 10.8. The van der Waals surface area contributed by atoms with Gasteiger partial charge >= 0.3 is 11.9 Å². The highest BCUT2D eigenvalue weighted by molar-refractivity contribution is 5.84. The van der Waals surface area contributed by atoms with E-state index in [1.807, 2.05) is 11.5 Å². The Morgan fingerprint density at radius 1 is 1.19 bits per heavy atom. The summed E-state index contributed by atoms with van der Waals surface area (Å²) in [6.07, 6.45) is 0.214. The van der Waals surface area contributed by atoms with Crippen LogP contribution in [0.1, 0.15) is 34.6 Å². The molecule has 32 heavy (non-hydrogen) atoms. The molecule has 2 aromatic heterocycles. The van der Waals surface area contributed by atoms with Crippen molar-refractivity contribution in [2.75, 3.05) is 24.7 Å². The zero-order chi connectivity index (χ0) is 23.6. The van der Waals surface area contributed by atoms with Gasteiger partial charge in [0.05, 0.1) is 30.8 Å². The van der Waals surface area contributed by atoms with Gasteiger partial charge in [-0.1, -0.05) is 34.6 Å². The standard InChI is InChI=1S/C21H32N6O5/c1-10(2)19(28)30-8-14-16(32-20(29)11(3)4)12(5)13(31-14)7-27-9-24-15-17(23-6)25-21(22)26-18(15)27/h9-14,16H,7-8H2,1-6H3,(H3,22,23,25,26)/t12-,13+,14?,16+/m1/s1. The van der Waals surface area contributed by atoms with E-state index in [0.717, 1.165) is 0 Å². The number of nitrogen functional groups attached to an aromatic ring is 1. The molecule has 3 heterocycles. The SMILES string of the molecule is CNc1nc(N)nc2c1ncn2C[C@@H]1OC(COC(=O)C(C)C)[C@@H](OC(=O)C(C)C)[C@@H]1C. The molecule has 4 atom stereocenters. The zero-order valence-electron chi connectivity index (χ0n) is 19.4. The van der Waals surface area contributed by atoms with Gasteiger partial charge < -0.3 is 29.8 Å². The average molecular weight is 449 g/mol. The van der Waals surface area contributed by atoms with Crippen LogP contribution in [-0.4, -0.2) is 63.4 Å². The Morgan fingerprint density at radius 3 is 2.50 bits per heavy atom. The summed E-state index contributed by atoms with van der Waals surface area (Å²) in [4.78, 5) is 37.1. The Labute approximate surface area is 187 Å². The van der Waals surface area contributed by atoms with Gasteiger partial charge in [0.25, 0.3) is 0 Å². The van der Waals surface area contributed by atoms with Gasteiger partial charge in [0.15, 0.2) is 17.0 Å². The van der Waals surface area contributed by atoms with Crippen LogP contribution in [0, 0.1) is 17.8 Å². The molecule has 11 nitrogen and oxygen atoms in total. The summed E-state index contributed by atoms with van der Waals surface area (Å²) in [7, 11) is 1.74. The number of anilines is 2. The molecule has 1 saturated heterocycles. The maximum atomic E-state index is 12.3. The number of ether oxygens (including phenoxy) is 3. The van der Waals surface area contributed by atoms with E-state index < -0.39 is 12.2 Å². The lowest BCUT2D eigenvalue weighted by atomic mass is 9.98. The van der Waals surface area contributed by atoms with Crippen molar-refractivity contribution in [3.05, 3.63) is 6.33 Å². The molecular weight excluding hydrogens is 416 g/mol. The van der Waals surface area contributed by atoms with E-state index in [9.17, 15) is 9.59 Å². The second-order valence-electron chi connectivity index (χ2n) is 8.66. The molecule has 3 rings (SSSR count). The largest absolute Gasteiger partial charge is 0.463 e. The van der Waals surface area contributed by atoms with Crippen LogP contribution >= 0.6 is 0 Å². The van der Waals surface area contributed by atoms with Gasteiger partial charge in [0.1, 0.15) is 18.8 Å². The zero-order valence-corrected chi connectivity index (χ0v) is 19.4. The summed E-state index contributed by atoms with van der Waals surface area (Å²) >= 11 is 0. The molecule has 0 aromatic carbocycles. The summed E-state index contributed by atoms with van der Waals surface area (Å²) in [5.41, 5.74) is 7.01. The van der Waals surface area contributed by atoms with Crippen molar-refractivity contribution in [3.63, 3.8) is 0 Å². The van der Waals surface area contributed by atoms with Crippen LogP contribution in [0.4, 0.5) is 11.8 Å². The third-order valence-electron chi connectivity index (χ3n) is 5.50. The molecule has 11 heteroatoms. The van der Waals surface area contributed by atoms with Crippen LogP contribution in [0.25, 0.3) is 11.2 Å². The van der Waals surface area contributed by atoms with E-state index in [4.69, 9.17) is 19.9 Å². The van der Waals surface area contributed by atoms with Crippen LogP contribution < -0.4 is 11.1 Å². The second-order valence-corrected chi connectivity index (χ2v) is 8.66. The smallest absolute Gasteiger partial charge is 0.308 e. The van der Waals surface area contributed by atoms with Gasteiger partial charge in [-0.05, 0) is 0 Å². The highest BCUT2D eigenvalue weighted by Gasteiger charge is 2.45. The van der Waals surface area contributed by atoms with E-state index in [2.05, 4.69) is 20.3 Å². The molecule has 0 aliphatic carbocycles. The lowest BCUT2D eigenvalue weighted by molar-refractivity contribution is -0.162. The predicted molar refractivity (Wildman–Crippen MR) is 118 cm³/mol. The highest BCUT2D eigenvalue weighted by Crippen LogP contribution is 2.32. The minimum atomic E-state index is -0.567. The van der Waals surface area contributed by atoms with Crippen molar-refractivity contribution in [3.8, 4) is 0 Å². The Kier molecular flexibility index (Phi) is 7.17. The molecule has 1 aliphatic heterocycles.